The van der Waals surface area contributed by atoms with E-state index in [0.717, 1.165) is 61.8 Å². The molecule has 2 heteroatoms. The molecule has 1 unspecified atom stereocenters. The summed E-state index contributed by atoms with van der Waals surface area (Å²) in [6, 6.07) is 67.3. The first-order valence-electron chi connectivity index (χ1n) is 19.3. The summed E-state index contributed by atoms with van der Waals surface area (Å²) in [5, 5.41) is 3.30. The Morgan fingerprint density at radius 1 is 0.375 bits per heavy atom. The Morgan fingerprint density at radius 3 is 1.43 bits per heavy atom. The van der Waals surface area contributed by atoms with E-state index in [0.29, 0.717) is 0 Å². The van der Waals surface area contributed by atoms with Crippen molar-refractivity contribution in [2.24, 2.45) is 0 Å². The van der Waals surface area contributed by atoms with Crippen LogP contribution in [0.4, 0.5) is 0 Å². The average Bonchev–Trinajstić information content (AvgIpc) is 3.84. The maximum Gasteiger partial charge on any atom is 0.143 e. The summed E-state index contributed by atoms with van der Waals surface area (Å²) in [6.45, 7) is 0. The summed E-state index contributed by atoms with van der Waals surface area (Å²) in [5.41, 5.74) is 16.7. The SMILES string of the molecule is C1=Cc2c(oc3cc4oc5c(-c6cc(-c7ccccc7)cc(-c7ccccc7)c6)cccc5c4cc23)C(c2cc(-c3ccccc3)cc(-c3ccccc3)c2)C1. The van der Waals surface area contributed by atoms with E-state index in [1.54, 1.807) is 0 Å². The zero-order valence-corrected chi connectivity index (χ0v) is 30.7. The third kappa shape index (κ3) is 5.58. The third-order valence-electron chi connectivity index (χ3n) is 11.4. The molecule has 0 saturated heterocycles. The molecule has 0 bridgehead atoms. The van der Waals surface area contributed by atoms with Crippen molar-refractivity contribution in [1.29, 1.82) is 0 Å². The highest BCUT2D eigenvalue weighted by molar-refractivity contribution is 6.14. The first-order chi connectivity index (χ1) is 27.7. The van der Waals surface area contributed by atoms with E-state index in [1.807, 2.05) is 0 Å². The van der Waals surface area contributed by atoms with Crippen LogP contribution in [0, 0.1) is 0 Å². The van der Waals surface area contributed by atoms with Crippen molar-refractivity contribution in [2.45, 2.75) is 12.3 Å². The van der Waals surface area contributed by atoms with Crippen molar-refractivity contribution < 1.29 is 8.83 Å². The maximum absolute atomic E-state index is 6.89. The molecule has 0 fully saturated rings. The molecular weight excluding hydrogens is 681 g/mol. The van der Waals surface area contributed by atoms with Gasteiger partial charge in [-0.05, 0) is 92.4 Å². The van der Waals surface area contributed by atoms with Gasteiger partial charge in [0.2, 0.25) is 0 Å². The van der Waals surface area contributed by atoms with Gasteiger partial charge in [0.05, 0.1) is 0 Å². The van der Waals surface area contributed by atoms with Gasteiger partial charge < -0.3 is 8.83 Å². The van der Waals surface area contributed by atoms with E-state index in [2.05, 4.69) is 200 Å². The lowest BCUT2D eigenvalue weighted by molar-refractivity contribution is 0.516. The Labute approximate surface area is 325 Å². The van der Waals surface area contributed by atoms with Crippen molar-refractivity contribution in [1.82, 2.24) is 0 Å². The second-order valence-electron chi connectivity index (χ2n) is 14.8. The minimum absolute atomic E-state index is 0.0823. The van der Waals surface area contributed by atoms with Crippen LogP contribution in [0.1, 0.15) is 29.2 Å². The van der Waals surface area contributed by atoms with E-state index in [4.69, 9.17) is 8.83 Å². The Balaban J connectivity index is 1.04. The lowest BCUT2D eigenvalue weighted by atomic mass is 9.84. The van der Waals surface area contributed by atoms with Crippen LogP contribution in [0.5, 0.6) is 0 Å². The fourth-order valence-electron chi connectivity index (χ4n) is 8.63. The van der Waals surface area contributed by atoms with Gasteiger partial charge in [-0.3, -0.25) is 0 Å². The zero-order valence-electron chi connectivity index (χ0n) is 30.7. The lowest BCUT2D eigenvalue weighted by Crippen LogP contribution is -2.04. The molecule has 0 saturated carbocycles. The Kier molecular flexibility index (Phi) is 7.67. The fraction of sp³-hybridized carbons (Fsp3) is 0.0370. The van der Waals surface area contributed by atoms with Gasteiger partial charge in [0.1, 0.15) is 22.5 Å². The highest BCUT2D eigenvalue weighted by atomic mass is 16.3. The fourth-order valence-corrected chi connectivity index (χ4v) is 8.63. The number of benzene rings is 8. The second kappa shape index (κ2) is 13.3. The van der Waals surface area contributed by atoms with Crippen molar-refractivity contribution in [3.05, 3.63) is 211 Å². The van der Waals surface area contributed by atoms with Gasteiger partial charge in [0.15, 0.2) is 0 Å². The monoisotopic (exact) mass is 716 g/mol. The van der Waals surface area contributed by atoms with E-state index in [1.165, 1.54) is 50.1 Å². The number of fused-ring (bicyclic) bond motifs is 6. The van der Waals surface area contributed by atoms with Crippen LogP contribution < -0.4 is 0 Å². The van der Waals surface area contributed by atoms with Crippen LogP contribution in [-0.2, 0) is 0 Å². The number of rotatable bonds is 6. The maximum atomic E-state index is 6.89. The molecule has 0 radical (unpaired) electrons. The lowest BCUT2D eigenvalue weighted by Gasteiger charge is -2.20. The minimum atomic E-state index is 0.0823. The Bertz CT molecular complexity index is 2960. The summed E-state index contributed by atoms with van der Waals surface area (Å²) in [6.07, 6.45) is 5.42. The van der Waals surface area contributed by atoms with Gasteiger partial charge in [-0.15, -0.1) is 0 Å². The molecular formula is C54H36O2. The largest absolute Gasteiger partial charge is 0.460 e. The van der Waals surface area contributed by atoms with Crippen molar-refractivity contribution in [3.8, 4) is 55.6 Å². The van der Waals surface area contributed by atoms with Crippen LogP contribution in [0.15, 0.2) is 203 Å². The van der Waals surface area contributed by atoms with Gasteiger partial charge in [0, 0.05) is 39.3 Å². The average molecular weight is 717 g/mol. The second-order valence-corrected chi connectivity index (χ2v) is 14.8. The zero-order chi connectivity index (χ0) is 37.0. The molecule has 1 atom stereocenters. The standard InChI is InChI=1S/C54H36O2/c1-5-15-35(16-6-1)39-27-40(36-17-7-2-8-18-36)30-43(29-39)45-23-13-25-47-49-33-50-48-26-14-24-46(54(48)56-52(50)34-51(49)55-53(45)47)44-31-41(37-19-9-3-10-20-37)28-42(32-44)38-21-11-4-12-22-38/h1-23,25-34,46H,24H2. The van der Waals surface area contributed by atoms with Gasteiger partial charge in [-0.25, -0.2) is 0 Å². The normalized spacial score (nSPS) is 13.8. The van der Waals surface area contributed by atoms with Gasteiger partial charge in [-0.2, -0.15) is 0 Å². The number of furan rings is 2. The molecule has 0 aliphatic heterocycles. The quantitative estimate of drug-likeness (QED) is 0.171. The van der Waals surface area contributed by atoms with Gasteiger partial charge in [-0.1, -0.05) is 164 Å². The molecule has 2 nitrogen and oxygen atoms in total. The van der Waals surface area contributed by atoms with Crippen LogP contribution in [0.2, 0.25) is 0 Å². The molecule has 2 aromatic heterocycles. The topological polar surface area (TPSA) is 26.3 Å². The summed E-state index contributed by atoms with van der Waals surface area (Å²) < 4.78 is 13.7. The van der Waals surface area contributed by atoms with Gasteiger partial charge in [0.25, 0.3) is 0 Å². The third-order valence-corrected chi connectivity index (χ3v) is 11.4. The summed E-state index contributed by atoms with van der Waals surface area (Å²) in [4.78, 5) is 0. The Hall–Kier alpha value is -7.16. The van der Waals surface area contributed by atoms with Crippen molar-refractivity contribution in [3.63, 3.8) is 0 Å². The number of hydrogen-bond acceptors (Lipinski definition) is 2. The predicted octanol–water partition coefficient (Wildman–Crippen LogP) is 15.2. The van der Waals surface area contributed by atoms with E-state index in [-0.39, 0.29) is 5.92 Å². The molecule has 1 aliphatic carbocycles. The number of hydrogen-bond donors (Lipinski definition) is 0. The molecule has 0 spiro atoms. The molecule has 8 aromatic carbocycles. The van der Waals surface area contributed by atoms with Crippen LogP contribution in [0.3, 0.4) is 0 Å². The molecule has 56 heavy (non-hydrogen) atoms. The van der Waals surface area contributed by atoms with Crippen molar-refractivity contribution >= 4 is 39.0 Å². The van der Waals surface area contributed by atoms with Gasteiger partial charge >= 0.3 is 0 Å². The molecule has 0 N–H and O–H groups in total. The highest BCUT2D eigenvalue weighted by Gasteiger charge is 2.27. The highest BCUT2D eigenvalue weighted by Crippen LogP contribution is 2.46. The number of allylic oxidation sites excluding steroid dienone is 1. The molecule has 264 valence electrons. The first-order valence-corrected chi connectivity index (χ1v) is 19.3. The van der Waals surface area contributed by atoms with Crippen LogP contribution in [0.25, 0.3) is 94.6 Å². The minimum Gasteiger partial charge on any atom is -0.460 e. The molecule has 0 amide bonds. The summed E-state index contributed by atoms with van der Waals surface area (Å²) >= 11 is 0. The summed E-state index contributed by atoms with van der Waals surface area (Å²) in [5.74, 6) is 1.09. The van der Waals surface area contributed by atoms with E-state index >= 15 is 0 Å². The van der Waals surface area contributed by atoms with Crippen LogP contribution in [-0.4, -0.2) is 0 Å². The molecule has 10 aromatic rings. The van der Waals surface area contributed by atoms with E-state index < -0.39 is 0 Å². The first kappa shape index (κ1) is 32.3. The van der Waals surface area contributed by atoms with E-state index in [9.17, 15) is 0 Å². The number of para-hydroxylation sites is 1. The summed E-state index contributed by atoms with van der Waals surface area (Å²) in [7, 11) is 0. The smallest absolute Gasteiger partial charge is 0.143 e. The predicted molar refractivity (Wildman–Crippen MR) is 233 cm³/mol. The molecule has 1 aliphatic rings. The van der Waals surface area contributed by atoms with Crippen LogP contribution >= 0.6 is 0 Å². The molecule has 2 heterocycles. The Morgan fingerprint density at radius 2 is 0.875 bits per heavy atom. The molecule has 11 rings (SSSR count). The van der Waals surface area contributed by atoms with Crippen molar-refractivity contribution in [2.75, 3.05) is 0 Å².